The van der Waals surface area contributed by atoms with E-state index in [2.05, 4.69) is 172 Å². The topological polar surface area (TPSA) is 38.1 Å². The summed E-state index contributed by atoms with van der Waals surface area (Å²) in [7, 11) is 0. The van der Waals surface area contributed by atoms with Crippen molar-refractivity contribution in [3.05, 3.63) is 112 Å². The van der Waals surface area contributed by atoms with E-state index in [1.807, 2.05) is 0 Å². The van der Waals surface area contributed by atoms with Crippen molar-refractivity contribution in [3.63, 3.8) is 0 Å². The lowest BCUT2D eigenvalue weighted by molar-refractivity contribution is 0.173. The summed E-state index contributed by atoms with van der Waals surface area (Å²) in [6.45, 7) is 27.3. The number of ether oxygens (including phenoxy) is 2. The molecule has 5 nitrogen and oxygen atoms in total. The molecule has 9 rings (SSSR count). The minimum atomic E-state index is -0.121. The first-order valence-corrected chi connectivity index (χ1v) is 19.4. The highest BCUT2D eigenvalue weighted by Crippen LogP contribution is 2.52. The molecule has 0 fully saturated rings. The van der Waals surface area contributed by atoms with Crippen molar-refractivity contribution in [3.8, 4) is 11.5 Å². The van der Waals surface area contributed by atoms with E-state index in [4.69, 9.17) is 13.9 Å². The third-order valence-corrected chi connectivity index (χ3v) is 11.8. The van der Waals surface area contributed by atoms with Crippen LogP contribution in [-0.2, 0) is 16.2 Å². The summed E-state index contributed by atoms with van der Waals surface area (Å²) in [4.78, 5) is 4.97. The molecule has 0 saturated heterocycles. The van der Waals surface area contributed by atoms with E-state index in [9.17, 15) is 0 Å². The molecule has 0 aliphatic carbocycles. The zero-order chi connectivity index (χ0) is 38.2. The lowest BCUT2D eigenvalue weighted by atomic mass is 9.35. The van der Waals surface area contributed by atoms with Gasteiger partial charge in [-0.2, -0.15) is 0 Å². The number of fused-ring (bicyclic) bond motifs is 7. The quantitative estimate of drug-likeness (QED) is 0.167. The van der Waals surface area contributed by atoms with Crippen LogP contribution in [0.3, 0.4) is 0 Å². The van der Waals surface area contributed by atoms with Gasteiger partial charge >= 0.3 is 0 Å². The summed E-state index contributed by atoms with van der Waals surface area (Å²) in [5.74, 6) is 1.61. The highest BCUT2D eigenvalue weighted by Gasteiger charge is 2.48. The van der Waals surface area contributed by atoms with Crippen LogP contribution >= 0.6 is 0 Å². The minimum Gasteiger partial charge on any atom is -0.468 e. The van der Waals surface area contributed by atoms with E-state index in [1.165, 1.54) is 50.2 Å². The lowest BCUT2D eigenvalue weighted by Gasteiger charge is -2.43. The Labute approximate surface area is 321 Å². The van der Waals surface area contributed by atoms with E-state index in [1.54, 1.807) is 0 Å². The predicted octanol–water partition coefficient (Wildman–Crippen LogP) is 11.1. The molecule has 3 aliphatic rings. The van der Waals surface area contributed by atoms with Gasteiger partial charge in [0.15, 0.2) is 11.5 Å². The molecule has 1 aromatic heterocycles. The highest BCUT2D eigenvalue weighted by molar-refractivity contribution is 7.00. The average molecular weight is 715 g/mol. The standard InChI is InChI=1S/C48H51BN2O3/c1-27-21-37-41-38(22-27)51(42-28(2)23-40-44(29(42)3)53-26-52-40)43-34-24-31(47(7,8)9)16-20-39(34)54-45(43)49(41)35-25-32(48(10,11)12)15-19-36(35)50(37)33-17-13-30(14-18-33)46(4,5)6/h13-25H,26H2,1-12H3. The molecule has 274 valence electrons. The van der Waals surface area contributed by atoms with Crippen LogP contribution in [0.4, 0.5) is 34.1 Å². The van der Waals surface area contributed by atoms with Crippen molar-refractivity contribution >= 4 is 68.4 Å². The summed E-state index contributed by atoms with van der Waals surface area (Å²) in [6.07, 6.45) is 0. The van der Waals surface area contributed by atoms with Gasteiger partial charge < -0.3 is 23.7 Å². The fourth-order valence-corrected chi connectivity index (χ4v) is 8.88. The summed E-state index contributed by atoms with van der Waals surface area (Å²) < 4.78 is 19.3. The van der Waals surface area contributed by atoms with Crippen molar-refractivity contribution in [2.75, 3.05) is 16.6 Å². The Balaban J connectivity index is 1.41. The number of hydrogen-bond donors (Lipinski definition) is 0. The first-order valence-electron chi connectivity index (χ1n) is 19.4. The molecule has 0 saturated carbocycles. The second kappa shape index (κ2) is 11.5. The first-order chi connectivity index (χ1) is 25.4. The number of furan rings is 1. The number of aryl methyl sites for hydroxylation is 2. The summed E-state index contributed by atoms with van der Waals surface area (Å²) in [6, 6.07) is 30.0. The molecule has 3 aliphatic heterocycles. The maximum Gasteiger partial charge on any atom is 0.297 e. The Morgan fingerprint density at radius 3 is 1.87 bits per heavy atom. The van der Waals surface area contributed by atoms with Crippen molar-refractivity contribution in [2.45, 2.75) is 99.3 Å². The van der Waals surface area contributed by atoms with Gasteiger partial charge in [-0.15, -0.1) is 0 Å². The molecule has 0 N–H and O–H groups in total. The van der Waals surface area contributed by atoms with Crippen LogP contribution < -0.4 is 35.9 Å². The molecule has 0 amide bonds. The van der Waals surface area contributed by atoms with Crippen LogP contribution in [-0.4, -0.2) is 13.5 Å². The third-order valence-electron chi connectivity index (χ3n) is 11.8. The second-order valence-corrected chi connectivity index (χ2v) is 18.8. The number of nitrogens with zero attached hydrogens (tertiary/aromatic N) is 2. The number of anilines is 6. The summed E-state index contributed by atoms with van der Waals surface area (Å²) >= 11 is 0. The molecule has 0 bridgehead atoms. The van der Waals surface area contributed by atoms with Gasteiger partial charge in [0.05, 0.1) is 17.0 Å². The Kier molecular flexibility index (Phi) is 7.35. The molecular formula is C48H51BN2O3. The first kappa shape index (κ1) is 34.7. The van der Waals surface area contributed by atoms with E-state index in [-0.39, 0.29) is 29.8 Å². The fraction of sp³-hybridized carbons (Fsp3) is 0.333. The van der Waals surface area contributed by atoms with E-state index in [0.717, 1.165) is 56.3 Å². The van der Waals surface area contributed by atoms with Gasteiger partial charge in [-0.3, -0.25) is 0 Å². The van der Waals surface area contributed by atoms with Gasteiger partial charge in [-0.1, -0.05) is 92.6 Å². The zero-order valence-electron chi connectivity index (χ0n) is 33.9. The molecule has 54 heavy (non-hydrogen) atoms. The van der Waals surface area contributed by atoms with Gasteiger partial charge in [0.25, 0.3) is 6.71 Å². The molecule has 0 spiro atoms. The Morgan fingerprint density at radius 1 is 0.593 bits per heavy atom. The third kappa shape index (κ3) is 5.12. The second-order valence-electron chi connectivity index (χ2n) is 18.8. The molecule has 5 aromatic carbocycles. The molecule has 0 radical (unpaired) electrons. The molecule has 0 unspecified atom stereocenters. The van der Waals surface area contributed by atoms with Crippen molar-refractivity contribution in [1.29, 1.82) is 0 Å². The van der Waals surface area contributed by atoms with Crippen molar-refractivity contribution in [2.24, 2.45) is 0 Å². The SMILES string of the molecule is Cc1cc2c3c(c1)N(c1c(C)cc4c(c1C)OCO4)c1c(oc4ccc(C(C)(C)C)cc14)B3c1cc(C(C)(C)C)ccc1N2c1ccc(C(C)(C)C)cc1. The number of benzene rings is 5. The lowest BCUT2D eigenvalue weighted by Crippen LogP contribution is -2.61. The smallest absolute Gasteiger partial charge is 0.297 e. The van der Waals surface area contributed by atoms with Crippen molar-refractivity contribution < 1.29 is 13.9 Å². The molecule has 6 heteroatoms. The molecular weight excluding hydrogens is 663 g/mol. The van der Waals surface area contributed by atoms with Gasteiger partial charge in [-0.25, -0.2) is 0 Å². The van der Waals surface area contributed by atoms with Gasteiger partial charge in [0, 0.05) is 33.7 Å². The van der Waals surface area contributed by atoms with Crippen LogP contribution in [0.2, 0.25) is 0 Å². The van der Waals surface area contributed by atoms with Crippen LogP contribution in [0.25, 0.3) is 11.0 Å². The zero-order valence-corrected chi connectivity index (χ0v) is 33.9. The van der Waals surface area contributed by atoms with Gasteiger partial charge in [0.1, 0.15) is 5.58 Å². The van der Waals surface area contributed by atoms with Crippen molar-refractivity contribution in [1.82, 2.24) is 0 Å². The number of rotatable bonds is 2. The Morgan fingerprint density at radius 2 is 1.20 bits per heavy atom. The normalized spacial score (nSPS) is 14.8. The minimum absolute atomic E-state index is 0.0355. The van der Waals surface area contributed by atoms with Crippen LogP contribution in [0.1, 0.15) is 95.7 Å². The van der Waals surface area contributed by atoms with Crippen LogP contribution in [0.5, 0.6) is 11.5 Å². The molecule has 4 heterocycles. The van der Waals surface area contributed by atoms with Crippen LogP contribution in [0.15, 0.2) is 83.3 Å². The Hall–Kier alpha value is -5.10. The predicted molar refractivity (Wildman–Crippen MR) is 227 cm³/mol. The maximum atomic E-state index is 7.22. The van der Waals surface area contributed by atoms with Crippen LogP contribution in [0, 0.1) is 20.8 Å². The van der Waals surface area contributed by atoms with Gasteiger partial charge in [-0.05, 0) is 124 Å². The average Bonchev–Trinajstić information content (AvgIpc) is 3.72. The van der Waals surface area contributed by atoms with Gasteiger partial charge in [0.2, 0.25) is 6.79 Å². The highest BCUT2D eigenvalue weighted by atomic mass is 16.7. The summed E-state index contributed by atoms with van der Waals surface area (Å²) in [5, 5.41) is 1.12. The fourth-order valence-electron chi connectivity index (χ4n) is 8.88. The monoisotopic (exact) mass is 714 g/mol. The van der Waals surface area contributed by atoms with E-state index in [0.29, 0.717) is 0 Å². The molecule has 0 atom stereocenters. The number of hydrogen-bond acceptors (Lipinski definition) is 5. The Bertz CT molecular complexity index is 2520. The maximum absolute atomic E-state index is 7.22. The van der Waals surface area contributed by atoms with E-state index < -0.39 is 0 Å². The largest absolute Gasteiger partial charge is 0.468 e. The summed E-state index contributed by atoms with van der Waals surface area (Å²) in [5.41, 5.74) is 18.5. The molecule has 6 aromatic rings. The van der Waals surface area contributed by atoms with E-state index >= 15 is 0 Å².